The number of carbonyl (C=O) groups is 1. The maximum atomic E-state index is 11.9. The second-order valence-electron chi connectivity index (χ2n) is 4.54. The van der Waals surface area contributed by atoms with Gasteiger partial charge in [0.15, 0.2) is 9.84 Å². The van der Waals surface area contributed by atoms with E-state index in [1.807, 2.05) is 6.92 Å². The lowest BCUT2D eigenvalue weighted by Gasteiger charge is -2.09. The third-order valence-electron chi connectivity index (χ3n) is 3.24. The molecule has 2 atom stereocenters. The van der Waals surface area contributed by atoms with Crippen LogP contribution in [-0.2, 0) is 14.6 Å². The Hall–Kier alpha value is -1.36. The third-order valence-corrected chi connectivity index (χ3v) is 5.21. The summed E-state index contributed by atoms with van der Waals surface area (Å²) in [6, 6.07) is 4.95. The molecule has 0 aliphatic carbocycles. The molecule has 0 saturated carbocycles. The van der Waals surface area contributed by atoms with Crippen molar-refractivity contribution in [2.24, 2.45) is 0 Å². The molecule has 1 aromatic rings. The van der Waals surface area contributed by atoms with Gasteiger partial charge in [-0.1, -0.05) is 19.1 Å². The average molecular weight is 254 g/mol. The summed E-state index contributed by atoms with van der Waals surface area (Å²) in [4.78, 5) is 11.2. The predicted molar refractivity (Wildman–Crippen MR) is 63.0 cm³/mol. The van der Waals surface area contributed by atoms with Gasteiger partial charge in [0, 0.05) is 0 Å². The van der Waals surface area contributed by atoms with E-state index in [0.717, 1.165) is 5.56 Å². The first-order valence-electron chi connectivity index (χ1n) is 5.42. The fraction of sp³-hybridized carbons (Fsp3) is 0.417. The van der Waals surface area contributed by atoms with Gasteiger partial charge in [-0.25, -0.2) is 8.42 Å². The molecule has 0 amide bonds. The van der Waals surface area contributed by atoms with Crippen molar-refractivity contribution in [2.75, 3.05) is 5.75 Å². The van der Waals surface area contributed by atoms with Crippen LogP contribution in [-0.4, -0.2) is 25.2 Å². The van der Waals surface area contributed by atoms with Crippen LogP contribution in [0.3, 0.4) is 0 Å². The monoisotopic (exact) mass is 254 g/mol. The van der Waals surface area contributed by atoms with Crippen molar-refractivity contribution >= 4 is 15.8 Å². The number of aliphatic carboxylic acids is 1. The highest BCUT2D eigenvalue weighted by Gasteiger charge is 2.32. The predicted octanol–water partition coefficient (Wildman–Crippen LogP) is 1.77. The second kappa shape index (κ2) is 3.84. The number of benzene rings is 1. The van der Waals surface area contributed by atoms with Crippen LogP contribution in [0.4, 0.5) is 0 Å². The molecule has 17 heavy (non-hydrogen) atoms. The summed E-state index contributed by atoms with van der Waals surface area (Å²) in [5.74, 6) is -1.53. The topological polar surface area (TPSA) is 71.4 Å². The van der Waals surface area contributed by atoms with Crippen molar-refractivity contribution in [3.8, 4) is 0 Å². The normalized spacial score (nSPS) is 23.1. The number of hydrogen-bond acceptors (Lipinski definition) is 3. The van der Waals surface area contributed by atoms with Crippen LogP contribution in [0.5, 0.6) is 0 Å². The van der Waals surface area contributed by atoms with Gasteiger partial charge in [0.05, 0.1) is 16.6 Å². The highest BCUT2D eigenvalue weighted by atomic mass is 32.2. The Kier molecular flexibility index (Phi) is 2.73. The standard InChI is InChI=1S/C12H14O4S/c1-7-6-17(15,16)11-5-9(3-4-10(7)11)8(2)12(13)14/h3-5,7-8H,6H2,1-2H3,(H,13,14). The number of carboxylic acid groups (broad SMARTS) is 1. The number of carboxylic acids is 1. The van der Waals surface area contributed by atoms with Gasteiger partial charge in [-0.2, -0.15) is 0 Å². The molecular formula is C12H14O4S. The molecule has 1 aliphatic heterocycles. The number of sulfone groups is 1. The Bertz CT molecular complexity index is 574. The molecule has 1 aliphatic rings. The SMILES string of the molecule is CC1CS(=O)(=O)c2cc(C(C)C(=O)O)ccc21. The molecular weight excluding hydrogens is 240 g/mol. The Labute approximate surface area is 100 Å². The summed E-state index contributed by atoms with van der Waals surface area (Å²) >= 11 is 0. The smallest absolute Gasteiger partial charge is 0.310 e. The zero-order valence-corrected chi connectivity index (χ0v) is 10.5. The van der Waals surface area contributed by atoms with Crippen LogP contribution in [0.2, 0.25) is 0 Å². The zero-order chi connectivity index (χ0) is 12.8. The van der Waals surface area contributed by atoms with E-state index in [-0.39, 0.29) is 11.7 Å². The molecule has 0 bridgehead atoms. The maximum absolute atomic E-state index is 11.9. The first-order chi connectivity index (χ1) is 7.83. The molecule has 5 heteroatoms. The minimum Gasteiger partial charge on any atom is -0.481 e. The molecule has 0 aromatic heterocycles. The third kappa shape index (κ3) is 1.95. The first-order valence-corrected chi connectivity index (χ1v) is 7.07. The zero-order valence-electron chi connectivity index (χ0n) is 9.67. The van der Waals surface area contributed by atoms with Gasteiger partial charge in [0.25, 0.3) is 0 Å². The van der Waals surface area contributed by atoms with Gasteiger partial charge < -0.3 is 5.11 Å². The van der Waals surface area contributed by atoms with Crippen molar-refractivity contribution in [2.45, 2.75) is 30.6 Å². The van der Waals surface area contributed by atoms with Gasteiger partial charge in [-0.05, 0) is 30.0 Å². The maximum Gasteiger partial charge on any atom is 0.310 e. The summed E-state index contributed by atoms with van der Waals surface area (Å²) in [5, 5.41) is 8.92. The Balaban J connectivity index is 2.55. The molecule has 0 spiro atoms. The first kappa shape index (κ1) is 12.1. The van der Waals surface area contributed by atoms with E-state index in [2.05, 4.69) is 0 Å². The van der Waals surface area contributed by atoms with E-state index in [4.69, 9.17) is 5.11 Å². The van der Waals surface area contributed by atoms with E-state index in [9.17, 15) is 13.2 Å². The van der Waals surface area contributed by atoms with Crippen LogP contribution in [0.25, 0.3) is 0 Å². The molecule has 92 valence electrons. The Morgan fingerprint density at radius 2 is 2.12 bits per heavy atom. The lowest BCUT2D eigenvalue weighted by Crippen LogP contribution is -2.08. The highest BCUT2D eigenvalue weighted by molar-refractivity contribution is 7.91. The lowest BCUT2D eigenvalue weighted by molar-refractivity contribution is -0.138. The molecule has 0 fully saturated rings. The minimum absolute atomic E-state index is 0.0100. The van der Waals surface area contributed by atoms with Crippen molar-refractivity contribution in [3.05, 3.63) is 29.3 Å². The van der Waals surface area contributed by atoms with Crippen LogP contribution >= 0.6 is 0 Å². The largest absolute Gasteiger partial charge is 0.481 e. The van der Waals surface area contributed by atoms with Crippen molar-refractivity contribution in [1.29, 1.82) is 0 Å². The van der Waals surface area contributed by atoms with Gasteiger partial charge in [-0.3, -0.25) is 4.79 Å². The molecule has 2 unspecified atom stereocenters. The molecule has 1 heterocycles. The average Bonchev–Trinajstić information content (AvgIpc) is 2.48. The van der Waals surface area contributed by atoms with Crippen molar-refractivity contribution in [3.63, 3.8) is 0 Å². The molecule has 1 N–H and O–H groups in total. The van der Waals surface area contributed by atoms with E-state index in [1.54, 1.807) is 19.1 Å². The van der Waals surface area contributed by atoms with E-state index >= 15 is 0 Å². The van der Waals surface area contributed by atoms with Gasteiger partial charge in [0.2, 0.25) is 0 Å². The number of fused-ring (bicyclic) bond motifs is 1. The summed E-state index contributed by atoms with van der Waals surface area (Å²) in [5.41, 5.74) is 1.33. The van der Waals surface area contributed by atoms with Gasteiger partial charge in [-0.15, -0.1) is 0 Å². The van der Waals surface area contributed by atoms with Gasteiger partial charge in [0.1, 0.15) is 0 Å². The van der Waals surface area contributed by atoms with E-state index in [1.165, 1.54) is 6.07 Å². The molecule has 0 saturated heterocycles. The lowest BCUT2D eigenvalue weighted by atomic mass is 9.96. The molecule has 2 rings (SSSR count). The second-order valence-corrected chi connectivity index (χ2v) is 6.54. The van der Waals surface area contributed by atoms with Crippen LogP contribution in [0.1, 0.15) is 36.8 Å². The highest BCUT2D eigenvalue weighted by Crippen LogP contribution is 2.36. The van der Waals surface area contributed by atoms with Crippen molar-refractivity contribution in [1.82, 2.24) is 0 Å². The number of hydrogen-bond donors (Lipinski definition) is 1. The van der Waals surface area contributed by atoms with E-state index < -0.39 is 21.7 Å². The fourth-order valence-electron chi connectivity index (χ4n) is 2.15. The van der Waals surface area contributed by atoms with Crippen molar-refractivity contribution < 1.29 is 18.3 Å². The summed E-state index contributed by atoms with van der Waals surface area (Å²) in [6.45, 7) is 3.42. The Morgan fingerprint density at radius 1 is 1.47 bits per heavy atom. The van der Waals surface area contributed by atoms with E-state index in [0.29, 0.717) is 10.5 Å². The molecule has 1 aromatic carbocycles. The quantitative estimate of drug-likeness (QED) is 0.873. The molecule has 0 radical (unpaired) electrons. The Morgan fingerprint density at radius 3 is 2.71 bits per heavy atom. The summed E-state index contributed by atoms with van der Waals surface area (Å²) in [7, 11) is -3.23. The number of rotatable bonds is 2. The van der Waals surface area contributed by atoms with Crippen LogP contribution < -0.4 is 0 Å². The minimum atomic E-state index is -3.23. The van der Waals surface area contributed by atoms with Crippen LogP contribution in [0.15, 0.2) is 23.1 Å². The van der Waals surface area contributed by atoms with Crippen LogP contribution in [0, 0.1) is 0 Å². The summed E-state index contributed by atoms with van der Waals surface area (Å²) < 4.78 is 23.7. The molecule has 4 nitrogen and oxygen atoms in total. The fourth-order valence-corrected chi connectivity index (χ4v) is 4.11. The summed E-state index contributed by atoms with van der Waals surface area (Å²) in [6.07, 6.45) is 0. The van der Waals surface area contributed by atoms with Gasteiger partial charge >= 0.3 is 5.97 Å².